The fraction of sp³-hybridized carbons (Fsp3) is 0.533. The Hall–Kier alpha value is -2.61. The summed E-state index contributed by atoms with van der Waals surface area (Å²) >= 11 is 6.36. The van der Waals surface area contributed by atoms with Crippen molar-refractivity contribution in [1.29, 1.82) is 0 Å². The molecule has 0 bridgehead atoms. The molecule has 0 spiro atoms. The predicted octanol–water partition coefficient (Wildman–Crippen LogP) is 4.43. The van der Waals surface area contributed by atoms with Gasteiger partial charge < -0.3 is 19.7 Å². The Morgan fingerprint density at radius 2 is 1.74 bits per heavy atom. The van der Waals surface area contributed by atoms with Crippen LogP contribution in [0.1, 0.15) is 48.4 Å². The second-order valence-electron chi connectivity index (χ2n) is 10.9. The number of likely N-dealkylation sites (tertiary alicyclic amines) is 1. The van der Waals surface area contributed by atoms with Crippen LogP contribution < -0.4 is 10.1 Å². The number of piperidine rings is 1. The van der Waals surface area contributed by atoms with E-state index in [0.29, 0.717) is 26.2 Å². The topological polar surface area (TPSA) is 71.1 Å². The standard InChI is InChI=1S/C30H40ClN3O4/c1-21-5-7-25(8-6-21)18-33-13-14-38-30(19-33,20-37-27-15-22(2)29(31)23(3)16-27)17-28(36)34-11-9-26(10-12-34)32-24(4)35/h5-8,15-16,26H,9-14,17-20H2,1-4H3,(H,32,35)/t30-/m0/s1. The molecule has 4 rings (SSSR count). The third-order valence-electron chi connectivity index (χ3n) is 7.49. The van der Waals surface area contributed by atoms with Gasteiger partial charge in [-0.15, -0.1) is 0 Å². The molecule has 2 aliphatic rings. The predicted molar refractivity (Wildman–Crippen MR) is 150 cm³/mol. The maximum atomic E-state index is 13.5. The van der Waals surface area contributed by atoms with Crippen molar-refractivity contribution in [3.8, 4) is 5.75 Å². The van der Waals surface area contributed by atoms with Gasteiger partial charge in [0.05, 0.1) is 13.0 Å². The third-order valence-corrected chi connectivity index (χ3v) is 8.09. The van der Waals surface area contributed by atoms with Crippen molar-refractivity contribution < 1.29 is 19.1 Å². The molecule has 2 heterocycles. The minimum absolute atomic E-state index is 0.0252. The number of morpholine rings is 1. The number of aryl methyl sites for hydroxylation is 3. The molecule has 0 saturated carbocycles. The highest BCUT2D eigenvalue weighted by Crippen LogP contribution is 2.30. The zero-order chi connectivity index (χ0) is 27.3. The van der Waals surface area contributed by atoms with Gasteiger partial charge in [-0.2, -0.15) is 0 Å². The van der Waals surface area contributed by atoms with Gasteiger partial charge in [-0.05, 0) is 62.4 Å². The van der Waals surface area contributed by atoms with Crippen LogP contribution >= 0.6 is 11.6 Å². The van der Waals surface area contributed by atoms with Crippen LogP contribution in [-0.2, 0) is 20.9 Å². The van der Waals surface area contributed by atoms with Crippen molar-refractivity contribution in [2.45, 2.75) is 65.1 Å². The van der Waals surface area contributed by atoms with E-state index in [1.54, 1.807) is 0 Å². The smallest absolute Gasteiger partial charge is 0.225 e. The van der Waals surface area contributed by atoms with Gasteiger partial charge in [0.1, 0.15) is 18.0 Å². The summed E-state index contributed by atoms with van der Waals surface area (Å²) in [7, 11) is 0. The molecule has 0 unspecified atom stereocenters. The molecule has 2 aromatic rings. The summed E-state index contributed by atoms with van der Waals surface area (Å²) in [6.45, 7) is 11.8. The number of hydrogen-bond donors (Lipinski definition) is 1. The van der Waals surface area contributed by atoms with Crippen LogP contribution in [0.15, 0.2) is 36.4 Å². The Balaban J connectivity index is 1.48. The molecule has 1 N–H and O–H groups in total. The van der Waals surface area contributed by atoms with Crippen LogP contribution in [0.5, 0.6) is 5.75 Å². The van der Waals surface area contributed by atoms with Crippen LogP contribution in [0.4, 0.5) is 0 Å². The molecule has 206 valence electrons. The van der Waals surface area contributed by atoms with E-state index in [-0.39, 0.29) is 30.9 Å². The van der Waals surface area contributed by atoms with Gasteiger partial charge in [0.2, 0.25) is 11.8 Å². The van der Waals surface area contributed by atoms with Gasteiger partial charge >= 0.3 is 0 Å². The molecule has 2 aromatic carbocycles. The van der Waals surface area contributed by atoms with Crippen LogP contribution in [-0.4, -0.2) is 72.6 Å². The van der Waals surface area contributed by atoms with Gasteiger partial charge in [-0.3, -0.25) is 14.5 Å². The maximum absolute atomic E-state index is 13.5. The van der Waals surface area contributed by atoms with Crippen molar-refractivity contribution in [3.05, 3.63) is 63.7 Å². The Morgan fingerprint density at radius 1 is 1.08 bits per heavy atom. The van der Waals surface area contributed by atoms with Crippen molar-refractivity contribution in [1.82, 2.24) is 15.1 Å². The summed E-state index contributed by atoms with van der Waals surface area (Å²) in [6, 6.07) is 12.6. The number of carbonyl (C=O) groups excluding carboxylic acids is 2. The molecule has 2 saturated heterocycles. The molecule has 38 heavy (non-hydrogen) atoms. The number of carbonyl (C=O) groups is 2. The van der Waals surface area contributed by atoms with Crippen molar-refractivity contribution in [3.63, 3.8) is 0 Å². The number of ether oxygens (including phenoxy) is 2. The highest BCUT2D eigenvalue weighted by atomic mass is 35.5. The van der Waals surface area contributed by atoms with Crippen LogP contribution in [0.2, 0.25) is 5.02 Å². The van der Waals surface area contributed by atoms with Crippen molar-refractivity contribution in [2.24, 2.45) is 0 Å². The first-order valence-electron chi connectivity index (χ1n) is 13.5. The Labute approximate surface area is 231 Å². The van der Waals surface area contributed by atoms with Gasteiger partial charge in [0, 0.05) is 50.7 Å². The molecular formula is C30H40ClN3O4. The van der Waals surface area contributed by atoms with Gasteiger partial charge in [-0.1, -0.05) is 41.4 Å². The number of benzene rings is 2. The Kier molecular flexibility index (Phi) is 9.34. The van der Waals surface area contributed by atoms with Crippen LogP contribution in [0.25, 0.3) is 0 Å². The first-order valence-corrected chi connectivity index (χ1v) is 13.9. The van der Waals surface area contributed by atoms with E-state index >= 15 is 0 Å². The summed E-state index contributed by atoms with van der Waals surface area (Å²) in [5.41, 5.74) is 3.62. The van der Waals surface area contributed by atoms with Crippen LogP contribution in [0.3, 0.4) is 0 Å². The van der Waals surface area contributed by atoms with E-state index in [1.165, 1.54) is 18.1 Å². The number of hydrogen-bond acceptors (Lipinski definition) is 5. The normalized spacial score (nSPS) is 20.8. The largest absolute Gasteiger partial charge is 0.490 e. The van der Waals surface area contributed by atoms with Gasteiger partial charge in [-0.25, -0.2) is 0 Å². The molecule has 7 nitrogen and oxygen atoms in total. The zero-order valence-electron chi connectivity index (χ0n) is 23.0. The average Bonchev–Trinajstić information content (AvgIpc) is 2.87. The fourth-order valence-electron chi connectivity index (χ4n) is 5.41. The summed E-state index contributed by atoms with van der Waals surface area (Å²) < 4.78 is 12.7. The monoisotopic (exact) mass is 541 g/mol. The van der Waals surface area contributed by atoms with E-state index in [1.807, 2.05) is 30.9 Å². The molecule has 1 atom stereocenters. The van der Waals surface area contributed by atoms with E-state index in [9.17, 15) is 9.59 Å². The summed E-state index contributed by atoms with van der Waals surface area (Å²) in [4.78, 5) is 29.2. The molecular weight excluding hydrogens is 502 g/mol. The van der Waals surface area contributed by atoms with E-state index in [0.717, 1.165) is 47.8 Å². The molecule has 0 aromatic heterocycles. The minimum Gasteiger partial charge on any atom is -0.490 e. The fourth-order valence-corrected chi connectivity index (χ4v) is 5.52. The Morgan fingerprint density at radius 3 is 2.37 bits per heavy atom. The summed E-state index contributed by atoms with van der Waals surface area (Å²) in [6.07, 6.45) is 1.77. The molecule has 2 amide bonds. The quantitative estimate of drug-likeness (QED) is 0.535. The lowest BCUT2D eigenvalue weighted by atomic mass is 9.95. The lowest BCUT2D eigenvalue weighted by Gasteiger charge is -2.43. The number of halogens is 1. The number of nitrogens with zero attached hydrogens (tertiary/aromatic N) is 2. The lowest BCUT2D eigenvalue weighted by molar-refractivity contribution is -0.157. The first kappa shape index (κ1) is 28.4. The highest BCUT2D eigenvalue weighted by Gasteiger charge is 2.41. The minimum atomic E-state index is -0.768. The van der Waals surface area contributed by atoms with Crippen molar-refractivity contribution >= 4 is 23.4 Å². The number of amides is 2. The average molecular weight is 542 g/mol. The number of rotatable bonds is 8. The van der Waals surface area contributed by atoms with E-state index < -0.39 is 5.60 Å². The van der Waals surface area contributed by atoms with E-state index in [2.05, 4.69) is 41.4 Å². The lowest BCUT2D eigenvalue weighted by Crippen LogP contribution is -2.57. The molecule has 2 aliphatic heterocycles. The molecule has 0 aliphatic carbocycles. The number of nitrogens with one attached hydrogen (secondary N) is 1. The zero-order valence-corrected chi connectivity index (χ0v) is 23.8. The summed E-state index contributed by atoms with van der Waals surface area (Å²) in [5.74, 6) is 0.768. The SMILES string of the molecule is CC(=O)NC1CCN(C(=O)C[C@@]2(COc3cc(C)c(Cl)c(C)c3)CN(Cc3ccc(C)cc3)CCO2)CC1. The molecule has 8 heteroatoms. The van der Waals surface area contributed by atoms with Crippen molar-refractivity contribution in [2.75, 3.05) is 39.4 Å². The van der Waals surface area contributed by atoms with Gasteiger partial charge in [0.25, 0.3) is 0 Å². The van der Waals surface area contributed by atoms with Crippen LogP contribution in [0, 0.1) is 20.8 Å². The molecule has 0 radical (unpaired) electrons. The van der Waals surface area contributed by atoms with E-state index in [4.69, 9.17) is 21.1 Å². The third kappa shape index (κ3) is 7.49. The summed E-state index contributed by atoms with van der Waals surface area (Å²) in [5, 5.41) is 3.72. The Bertz CT molecular complexity index is 1110. The second-order valence-corrected chi connectivity index (χ2v) is 11.3. The second kappa shape index (κ2) is 12.5. The highest BCUT2D eigenvalue weighted by molar-refractivity contribution is 6.32. The van der Waals surface area contributed by atoms with Gasteiger partial charge in [0.15, 0.2) is 0 Å². The maximum Gasteiger partial charge on any atom is 0.225 e. The first-order chi connectivity index (χ1) is 18.1. The molecule has 2 fully saturated rings.